The van der Waals surface area contributed by atoms with Crippen molar-refractivity contribution >= 4 is 29.8 Å². The Kier molecular flexibility index (Phi) is 13.4. The zero-order valence-corrected chi connectivity index (χ0v) is 13.6. The SMILES string of the molecule is CCC(=O)O.O=C(O)CN(CCN(CC(=O)O)CC(=O)O)CC(=O)O. The lowest BCUT2D eigenvalue weighted by Crippen LogP contribution is -2.43. The monoisotopic (exact) mass is 366 g/mol. The summed E-state index contributed by atoms with van der Waals surface area (Å²) in [6.07, 6.45) is 0.222. The molecule has 0 atom stereocenters. The maximum absolute atomic E-state index is 10.6. The highest BCUT2D eigenvalue weighted by atomic mass is 16.4. The van der Waals surface area contributed by atoms with E-state index in [9.17, 15) is 24.0 Å². The average molecular weight is 366 g/mol. The van der Waals surface area contributed by atoms with Gasteiger partial charge in [0.15, 0.2) is 0 Å². The first-order valence-corrected chi connectivity index (χ1v) is 7.01. The zero-order chi connectivity index (χ0) is 20.0. The van der Waals surface area contributed by atoms with Crippen molar-refractivity contribution in [2.24, 2.45) is 0 Å². The fourth-order valence-corrected chi connectivity index (χ4v) is 1.48. The Morgan fingerprint density at radius 1 is 0.560 bits per heavy atom. The molecular formula is C13H22N2O10. The van der Waals surface area contributed by atoms with Gasteiger partial charge in [0.2, 0.25) is 0 Å². The van der Waals surface area contributed by atoms with E-state index >= 15 is 0 Å². The van der Waals surface area contributed by atoms with E-state index in [0.717, 1.165) is 9.80 Å². The Labute approximate surface area is 142 Å². The van der Waals surface area contributed by atoms with Crippen LogP contribution in [0.3, 0.4) is 0 Å². The largest absolute Gasteiger partial charge is 0.481 e. The first kappa shape index (κ1) is 24.5. The molecule has 0 fully saturated rings. The van der Waals surface area contributed by atoms with E-state index in [1.54, 1.807) is 6.92 Å². The van der Waals surface area contributed by atoms with Gasteiger partial charge in [-0.1, -0.05) is 6.92 Å². The van der Waals surface area contributed by atoms with Gasteiger partial charge in [0.1, 0.15) is 0 Å². The van der Waals surface area contributed by atoms with Crippen LogP contribution in [-0.2, 0) is 24.0 Å². The molecule has 0 amide bonds. The van der Waals surface area contributed by atoms with Crippen molar-refractivity contribution in [1.82, 2.24) is 9.80 Å². The third kappa shape index (κ3) is 19.2. The lowest BCUT2D eigenvalue weighted by Gasteiger charge is -2.23. The van der Waals surface area contributed by atoms with E-state index < -0.39 is 56.0 Å². The molecule has 5 N–H and O–H groups in total. The topological polar surface area (TPSA) is 193 Å². The molecule has 0 spiro atoms. The third-order valence-corrected chi connectivity index (χ3v) is 2.47. The van der Waals surface area contributed by atoms with Gasteiger partial charge in [-0.3, -0.25) is 33.8 Å². The van der Waals surface area contributed by atoms with Crippen molar-refractivity contribution in [3.63, 3.8) is 0 Å². The normalized spacial score (nSPS) is 10.0. The van der Waals surface area contributed by atoms with Gasteiger partial charge < -0.3 is 25.5 Å². The minimum absolute atomic E-state index is 0.0703. The van der Waals surface area contributed by atoms with Crippen LogP contribution in [0.4, 0.5) is 0 Å². The molecule has 25 heavy (non-hydrogen) atoms. The second-order valence-electron chi connectivity index (χ2n) is 4.74. The van der Waals surface area contributed by atoms with Gasteiger partial charge in [0.05, 0.1) is 26.2 Å². The number of aliphatic carboxylic acids is 5. The van der Waals surface area contributed by atoms with E-state index in [0.29, 0.717) is 0 Å². The first-order chi connectivity index (χ1) is 11.5. The third-order valence-electron chi connectivity index (χ3n) is 2.47. The van der Waals surface area contributed by atoms with Crippen LogP contribution in [0.25, 0.3) is 0 Å². The maximum Gasteiger partial charge on any atom is 0.317 e. The van der Waals surface area contributed by atoms with E-state index in [1.165, 1.54) is 0 Å². The summed E-state index contributed by atoms with van der Waals surface area (Å²) in [5.74, 6) is -5.66. The molecule has 0 aromatic heterocycles. The van der Waals surface area contributed by atoms with Gasteiger partial charge in [0.25, 0.3) is 0 Å². The van der Waals surface area contributed by atoms with E-state index in [-0.39, 0.29) is 19.5 Å². The minimum atomic E-state index is -1.23. The molecule has 0 aliphatic carbocycles. The highest BCUT2D eigenvalue weighted by Gasteiger charge is 2.17. The van der Waals surface area contributed by atoms with Crippen LogP contribution in [0.5, 0.6) is 0 Å². The van der Waals surface area contributed by atoms with Gasteiger partial charge >= 0.3 is 29.8 Å². The van der Waals surface area contributed by atoms with Crippen LogP contribution in [0.2, 0.25) is 0 Å². The minimum Gasteiger partial charge on any atom is -0.481 e. The second-order valence-corrected chi connectivity index (χ2v) is 4.74. The second kappa shape index (κ2) is 13.7. The Morgan fingerprint density at radius 2 is 0.760 bits per heavy atom. The predicted octanol–water partition coefficient (Wildman–Crippen LogP) is -1.59. The molecule has 0 bridgehead atoms. The summed E-state index contributed by atoms with van der Waals surface area (Å²) >= 11 is 0. The summed E-state index contributed by atoms with van der Waals surface area (Å²) in [5.41, 5.74) is 0. The summed E-state index contributed by atoms with van der Waals surface area (Å²) in [4.78, 5) is 53.7. The quantitative estimate of drug-likeness (QED) is 0.266. The highest BCUT2D eigenvalue weighted by molar-refractivity contribution is 5.73. The van der Waals surface area contributed by atoms with Gasteiger partial charge in [-0.25, -0.2) is 0 Å². The summed E-state index contributed by atoms with van der Waals surface area (Å²) in [5, 5.41) is 42.2. The molecule has 12 heteroatoms. The Hall–Kier alpha value is -2.73. The van der Waals surface area contributed by atoms with Crippen LogP contribution in [0, 0.1) is 0 Å². The molecule has 0 saturated carbocycles. The van der Waals surface area contributed by atoms with Crippen LogP contribution < -0.4 is 0 Å². The average Bonchev–Trinajstić information content (AvgIpc) is 2.42. The summed E-state index contributed by atoms with van der Waals surface area (Å²) < 4.78 is 0. The number of nitrogens with zero attached hydrogens (tertiary/aromatic N) is 2. The van der Waals surface area contributed by atoms with Gasteiger partial charge in [-0.15, -0.1) is 0 Å². The lowest BCUT2D eigenvalue weighted by atomic mass is 10.4. The van der Waals surface area contributed by atoms with Gasteiger partial charge in [0, 0.05) is 19.5 Å². The number of rotatable bonds is 12. The predicted molar refractivity (Wildman–Crippen MR) is 81.4 cm³/mol. The summed E-state index contributed by atoms with van der Waals surface area (Å²) in [6, 6.07) is 0. The molecule has 0 rings (SSSR count). The van der Waals surface area contributed by atoms with Crippen molar-refractivity contribution in [3.05, 3.63) is 0 Å². The van der Waals surface area contributed by atoms with E-state index in [1.807, 2.05) is 0 Å². The molecule has 0 aromatic carbocycles. The molecule has 0 radical (unpaired) electrons. The van der Waals surface area contributed by atoms with Crippen molar-refractivity contribution in [2.75, 3.05) is 39.3 Å². The standard InChI is InChI=1S/C10H16N2O8.C3H6O2/c13-7(14)3-11(4-8(15)16)1-2-12(5-9(17)18)6-10(19)20;1-2-3(4)5/h1-6H2,(H,13,14)(H,15,16)(H,17,18)(H,19,20);2H2,1H3,(H,4,5). The van der Waals surface area contributed by atoms with Crippen LogP contribution in [0.15, 0.2) is 0 Å². The van der Waals surface area contributed by atoms with Crippen molar-refractivity contribution in [2.45, 2.75) is 13.3 Å². The molecule has 0 aromatic rings. The van der Waals surface area contributed by atoms with Gasteiger partial charge in [-0.05, 0) is 0 Å². The number of hydrogen-bond donors (Lipinski definition) is 5. The van der Waals surface area contributed by atoms with Crippen molar-refractivity contribution in [3.8, 4) is 0 Å². The summed E-state index contributed by atoms with van der Waals surface area (Å²) in [7, 11) is 0. The van der Waals surface area contributed by atoms with E-state index in [2.05, 4.69) is 0 Å². The summed E-state index contributed by atoms with van der Waals surface area (Å²) in [6.45, 7) is -0.651. The zero-order valence-electron chi connectivity index (χ0n) is 13.6. The molecule has 0 aliphatic heterocycles. The lowest BCUT2D eigenvalue weighted by molar-refractivity contribution is -0.145. The Morgan fingerprint density at radius 3 is 0.880 bits per heavy atom. The molecule has 144 valence electrons. The fraction of sp³-hybridized carbons (Fsp3) is 0.615. The molecule has 0 heterocycles. The highest BCUT2D eigenvalue weighted by Crippen LogP contribution is 1.94. The number of hydrogen-bond acceptors (Lipinski definition) is 7. The molecule has 0 unspecified atom stereocenters. The molecule has 12 nitrogen and oxygen atoms in total. The van der Waals surface area contributed by atoms with E-state index in [4.69, 9.17) is 25.5 Å². The number of carbonyl (C=O) groups is 5. The number of carboxylic acids is 5. The fourth-order valence-electron chi connectivity index (χ4n) is 1.48. The number of carboxylic acid groups (broad SMARTS) is 5. The molecule has 0 aliphatic rings. The molecular weight excluding hydrogens is 344 g/mol. The van der Waals surface area contributed by atoms with Crippen molar-refractivity contribution in [1.29, 1.82) is 0 Å². The van der Waals surface area contributed by atoms with Crippen LogP contribution in [-0.4, -0.2) is 104 Å². The first-order valence-electron chi connectivity index (χ1n) is 7.01. The Bertz CT molecular complexity index is 411. The van der Waals surface area contributed by atoms with Crippen LogP contribution >= 0.6 is 0 Å². The van der Waals surface area contributed by atoms with Crippen molar-refractivity contribution < 1.29 is 49.5 Å². The van der Waals surface area contributed by atoms with Crippen LogP contribution in [0.1, 0.15) is 13.3 Å². The molecule has 0 saturated heterocycles. The Balaban J connectivity index is 0. The van der Waals surface area contributed by atoms with Gasteiger partial charge in [-0.2, -0.15) is 0 Å². The maximum atomic E-state index is 10.6. The smallest absolute Gasteiger partial charge is 0.317 e.